The number of halogens is 2. The van der Waals surface area contributed by atoms with Crippen molar-refractivity contribution in [2.24, 2.45) is 7.05 Å². The van der Waals surface area contributed by atoms with Crippen LogP contribution in [0.25, 0.3) is 11.1 Å². The molecule has 7 heteroatoms. The van der Waals surface area contributed by atoms with E-state index in [1.165, 1.54) is 22.8 Å². The molecule has 5 nitrogen and oxygen atoms in total. The average Bonchev–Trinajstić information content (AvgIpc) is 2.73. The van der Waals surface area contributed by atoms with E-state index >= 15 is 0 Å². The summed E-state index contributed by atoms with van der Waals surface area (Å²) in [6.07, 6.45) is 2.81. The fourth-order valence-electron chi connectivity index (χ4n) is 3.32. The molecule has 0 saturated carbocycles. The van der Waals surface area contributed by atoms with Gasteiger partial charge in [0, 0.05) is 50.6 Å². The fraction of sp³-hybridized carbons (Fsp3) is 0.167. The maximum Gasteiger partial charge on any atom is 0.273 e. The van der Waals surface area contributed by atoms with Crippen LogP contribution >= 0.6 is 0 Å². The third-order valence-electron chi connectivity index (χ3n) is 4.95. The zero-order valence-corrected chi connectivity index (χ0v) is 17.6. The molecule has 2 aromatic carbocycles. The number of benzene rings is 2. The second-order valence-corrected chi connectivity index (χ2v) is 7.37. The van der Waals surface area contributed by atoms with Crippen molar-refractivity contribution in [3.63, 3.8) is 0 Å². The Kier molecular flexibility index (Phi) is 6.34. The minimum Gasteiger partial charge on any atom is -0.373 e. The van der Waals surface area contributed by atoms with Gasteiger partial charge in [0.25, 0.3) is 5.56 Å². The number of pyridine rings is 1. The Morgan fingerprint density at radius 3 is 2.45 bits per heavy atom. The van der Waals surface area contributed by atoms with Crippen molar-refractivity contribution in [3.05, 3.63) is 94.4 Å². The zero-order chi connectivity index (χ0) is 22.7. The summed E-state index contributed by atoms with van der Waals surface area (Å²) in [6, 6.07) is 10.6. The summed E-state index contributed by atoms with van der Waals surface area (Å²) in [7, 11) is 5.16. The molecular weight excluding hydrogens is 400 g/mol. The molecule has 0 unspecified atom stereocenters. The number of carbonyl (C=O) groups excluding carboxylic acids is 1. The Labute approximate surface area is 179 Å². The quantitative estimate of drug-likeness (QED) is 0.607. The van der Waals surface area contributed by atoms with Crippen molar-refractivity contribution >= 4 is 17.3 Å². The number of nitrogens with zero attached hydrogens (tertiary/aromatic N) is 2. The topological polar surface area (TPSA) is 54.3 Å². The molecule has 160 valence electrons. The summed E-state index contributed by atoms with van der Waals surface area (Å²) >= 11 is 0. The predicted molar refractivity (Wildman–Crippen MR) is 119 cm³/mol. The summed E-state index contributed by atoms with van der Waals surface area (Å²) in [6.45, 7) is 3.44. The molecule has 31 heavy (non-hydrogen) atoms. The highest BCUT2D eigenvalue weighted by atomic mass is 19.1. The molecule has 0 aliphatic heterocycles. The van der Waals surface area contributed by atoms with Gasteiger partial charge in [-0.05, 0) is 47.5 Å². The van der Waals surface area contributed by atoms with Crippen LogP contribution in [0.1, 0.15) is 11.1 Å². The van der Waals surface area contributed by atoms with E-state index in [9.17, 15) is 18.4 Å². The minimum absolute atomic E-state index is 0.00363. The van der Waals surface area contributed by atoms with Crippen molar-refractivity contribution in [1.82, 2.24) is 4.57 Å². The Balaban J connectivity index is 2.20. The Hall–Kier alpha value is -3.74. The molecule has 0 atom stereocenters. The largest absolute Gasteiger partial charge is 0.373 e. The number of anilines is 2. The van der Waals surface area contributed by atoms with Gasteiger partial charge in [0.2, 0.25) is 5.91 Å². The van der Waals surface area contributed by atoms with Gasteiger partial charge < -0.3 is 14.8 Å². The molecule has 3 rings (SSSR count). The van der Waals surface area contributed by atoms with Crippen LogP contribution in [-0.2, 0) is 18.3 Å². The third-order valence-corrected chi connectivity index (χ3v) is 4.95. The molecule has 0 bridgehead atoms. The molecule has 1 heterocycles. The number of carbonyl (C=O) groups is 1. The molecule has 1 aromatic heterocycles. The second kappa shape index (κ2) is 8.95. The molecule has 1 amide bonds. The lowest BCUT2D eigenvalue weighted by molar-refractivity contribution is -0.111. The smallest absolute Gasteiger partial charge is 0.273 e. The van der Waals surface area contributed by atoms with E-state index < -0.39 is 11.6 Å². The van der Waals surface area contributed by atoms with Crippen molar-refractivity contribution in [2.45, 2.75) is 6.42 Å². The van der Waals surface area contributed by atoms with Gasteiger partial charge in [-0.2, -0.15) is 0 Å². The summed E-state index contributed by atoms with van der Waals surface area (Å²) in [5.74, 6) is -1.65. The van der Waals surface area contributed by atoms with Crippen molar-refractivity contribution < 1.29 is 13.6 Å². The van der Waals surface area contributed by atoms with Crippen LogP contribution in [0.2, 0.25) is 0 Å². The van der Waals surface area contributed by atoms with Gasteiger partial charge in [0.15, 0.2) is 0 Å². The maximum absolute atomic E-state index is 14.3. The second-order valence-electron chi connectivity index (χ2n) is 7.37. The Bertz CT molecular complexity index is 1200. The maximum atomic E-state index is 14.3. The molecule has 0 fully saturated rings. The van der Waals surface area contributed by atoms with Gasteiger partial charge in [-0.3, -0.25) is 9.59 Å². The van der Waals surface area contributed by atoms with E-state index in [0.29, 0.717) is 28.1 Å². The molecule has 0 radical (unpaired) electrons. The van der Waals surface area contributed by atoms with Gasteiger partial charge in [0.05, 0.1) is 0 Å². The normalized spacial score (nSPS) is 10.6. The first-order valence-corrected chi connectivity index (χ1v) is 9.59. The van der Waals surface area contributed by atoms with E-state index in [1.807, 2.05) is 0 Å². The number of hydrogen-bond acceptors (Lipinski definition) is 3. The minimum atomic E-state index is -0.635. The lowest BCUT2D eigenvalue weighted by Crippen LogP contribution is -2.25. The first-order chi connectivity index (χ1) is 14.7. The van der Waals surface area contributed by atoms with Gasteiger partial charge in [-0.15, -0.1) is 0 Å². The van der Waals surface area contributed by atoms with Crippen molar-refractivity contribution in [2.75, 3.05) is 24.3 Å². The van der Waals surface area contributed by atoms with Crippen LogP contribution in [0.5, 0.6) is 0 Å². The highest BCUT2D eigenvalue weighted by molar-refractivity contribution is 5.99. The van der Waals surface area contributed by atoms with E-state index in [0.717, 1.165) is 6.08 Å². The highest BCUT2D eigenvalue weighted by Crippen LogP contribution is 2.31. The molecular formula is C24H23F2N3O2. The predicted octanol–water partition coefficient (Wildman–Crippen LogP) is 4.11. The number of aryl methyl sites for hydroxylation is 1. The summed E-state index contributed by atoms with van der Waals surface area (Å²) in [4.78, 5) is 25.9. The van der Waals surface area contributed by atoms with Gasteiger partial charge in [-0.1, -0.05) is 18.7 Å². The van der Waals surface area contributed by atoms with Gasteiger partial charge in [0.1, 0.15) is 17.3 Å². The van der Waals surface area contributed by atoms with Crippen LogP contribution < -0.4 is 15.8 Å². The SMILES string of the molecule is C=CC(=O)Nc1ccc(Cc2c(F)cccc2F)c(-c2cc(N(C)C)c(=O)n(C)c2)c1. The first kappa shape index (κ1) is 22.0. The van der Waals surface area contributed by atoms with E-state index in [1.54, 1.807) is 56.5 Å². The van der Waals surface area contributed by atoms with Crippen LogP contribution in [0.4, 0.5) is 20.2 Å². The van der Waals surface area contributed by atoms with E-state index in [2.05, 4.69) is 11.9 Å². The summed E-state index contributed by atoms with van der Waals surface area (Å²) < 4.78 is 30.0. The molecule has 3 aromatic rings. The number of aromatic nitrogens is 1. The van der Waals surface area contributed by atoms with E-state index in [-0.39, 0.29) is 23.5 Å². The number of nitrogens with one attached hydrogen (secondary N) is 1. The van der Waals surface area contributed by atoms with Crippen molar-refractivity contribution in [3.8, 4) is 11.1 Å². The molecule has 0 aliphatic rings. The summed E-state index contributed by atoms with van der Waals surface area (Å²) in [5, 5.41) is 2.69. The third kappa shape index (κ3) is 4.71. The van der Waals surface area contributed by atoms with Gasteiger partial charge >= 0.3 is 0 Å². The molecule has 0 saturated heterocycles. The first-order valence-electron chi connectivity index (χ1n) is 9.59. The number of amides is 1. The average molecular weight is 423 g/mol. The number of hydrogen-bond donors (Lipinski definition) is 1. The van der Waals surface area contributed by atoms with Gasteiger partial charge in [-0.25, -0.2) is 8.78 Å². The lowest BCUT2D eigenvalue weighted by Gasteiger charge is -2.18. The number of rotatable bonds is 6. The lowest BCUT2D eigenvalue weighted by atomic mass is 9.94. The Morgan fingerprint density at radius 2 is 1.84 bits per heavy atom. The van der Waals surface area contributed by atoms with Crippen LogP contribution in [0.3, 0.4) is 0 Å². The zero-order valence-electron chi connectivity index (χ0n) is 17.6. The monoisotopic (exact) mass is 423 g/mol. The van der Waals surface area contributed by atoms with E-state index in [4.69, 9.17) is 0 Å². The summed E-state index contributed by atoms with van der Waals surface area (Å²) in [5.41, 5.74) is 2.69. The fourth-order valence-corrected chi connectivity index (χ4v) is 3.32. The molecule has 0 aliphatic carbocycles. The van der Waals surface area contributed by atoms with Crippen LogP contribution in [-0.4, -0.2) is 24.6 Å². The Morgan fingerprint density at radius 1 is 1.16 bits per heavy atom. The standard InChI is InChI=1S/C24H23F2N3O2/c1-5-23(30)27-17-10-9-15(11-19-20(25)7-6-8-21(19)26)18(13-17)16-12-22(28(2)3)24(31)29(4)14-16/h5-10,12-14H,1,11H2,2-4H3,(H,27,30). The highest BCUT2D eigenvalue weighted by Gasteiger charge is 2.16. The van der Waals surface area contributed by atoms with Crippen LogP contribution in [0, 0.1) is 11.6 Å². The van der Waals surface area contributed by atoms with Crippen molar-refractivity contribution in [1.29, 1.82) is 0 Å². The molecule has 1 N–H and O–H groups in total. The van der Waals surface area contributed by atoms with Crippen LogP contribution in [0.15, 0.2) is 66.1 Å². The molecule has 0 spiro atoms.